The first-order valence-electron chi connectivity index (χ1n) is 9.84. The molecule has 2 aromatic rings. The average Bonchev–Trinajstić information content (AvgIpc) is 3.12. The molecule has 1 aromatic carbocycles. The molecule has 11 heteroatoms. The van der Waals surface area contributed by atoms with Gasteiger partial charge >= 0.3 is 17.9 Å². The summed E-state index contributed by atoms with van der Waals surface area (Å²) in [6, 6.07) is 7.70. The molecule has 1 heterocycles. The Morgan fingerprint density at radius 1 is 0.812 bits per heavy atom. The maximum atomic E-state index is 12.0. The van der Waals surface area contributed by atoms with Crippen LogP contribution in [0.25, 0.3) is 10.2 Å². The van der Waals surface area contributed by atoms with Crippen molar-refractivity contribution >= 4 is 51.2 Å². The molecule has 6 atom stereocenters. The topological polar surface area (TPSA) is 110 Å². The van der Waals surface area contributed by atoms with Gasteiger partial charge in [0.1, 0.15) is 18.3 Å². The molecular formula is C21H25NO8S2. The second-order valence-electron chi connectivity index (χ2n) is 7.15. The highest BCUT2D eigenvalue weighted by atomic mass is 32.2. The van der Waals surface area contributed by atoms with E-state index < -0.39 is 53.7 Å². The van der Waals surface area contributed by atoms with Crippen molar-refractivity contribution in [1.29, 1.82) is 0 Å². The number of methoxy groups -OCH3 is 2. The van der Waals surface area contributed by atoms with E-state index in [0.29, 0.717) is 0 Å². The summed E-state index contributed by atoms with van der Waals surface area (Å²) in [5, 5.41) is -0.564. The van der Waals surface area contributed by atoms with Crippen LogP contribution in [0.1, 0.15) is 20.8 Å². The molecule has 0 amide bonds. The minimum absolute atomic E-state index is 0.533. The third kappa shape index (κ3) is 5.40. The van der Waals surface area contributed by atoms with Crippen molar-refractivity contribution < 1.29 is 38.1 Å². The number of hydrogen-bond donors (Lipinski definition) is 0. The zero-order valence-electron chi connectivity index (χ0n) is 18.3. The number of carbonyl (C=O) groups is 3. The molecule has 0 aliphatic heterocycles. The van der Waals surface area contributed by atoms with Gasteiger partial charge in [0.25, 0.3) is 0 Å². The summed E-state index contributed by atoms with van der Waals surface area (Å²) in [5.74, 6) is -1.70. The maximum Gasteiger partial charge on any atom is 0.303 e. The van der Waals surface area contributed by atoms with Crippen LogP contribution in [0.4, 0.5) is 0 Å². The Morgan fingerprint density at radius 2 is 1.34 bits per heavy atom. The number of fused-ring (bicyclic) bond motifs is 1. The van der Waals surface area contributed by atoms with Crippen LogP contribution >= 0.6 is 23.1 Å². The van der Waals surface area contributed by atoms with E-state index in [2.05, 4.69) is 4.98 Å². The lowest BCUT2D eigenvalue weighted by atomic mass is 9.85. The number of esters is 3. The van der Waals surface area contributed by atoms with E-state index in [1.807, 2.05) is 24.3 Å². The number of para-hydroxylation sites is 1. The number of carbonyl (C=O) groups excluding carboxylic acids is 3. The van der Waals surface area contributed by atoms with Gasteiger partial charge in [0, 0.05) is 35.0 Å². The van der Waals surface area contributed by atoms with Crippen molar-refractivity contribution in [2.45, 2.75) is 60.9 Å². The van der Waals surface area contributed by atoms with Gasteiger partial charge in [0.15, 0.2) is 16.5 Å². The number of aromatic nitrogens is 1. The molecule has 0 saturated heterocycles. The van der Waals surface area contributed by atoms with Crippen molar-refractivity contribution in [2.75, 3.05) is 14.2 Å². The first-order chi connectivity index (χ1) is 15.2. The largest absolute Gasteiger partial charge is 0.458 e. The molecule has 1 aliphatic rings. The number of benzene rings is 1. The van der Waals surface area contributed by atoms with Crippen LogP contribution in [-0.4, -0.2) is 72.9 Å². The van der Waals surface area contributed by atoms with E-state index in [1.54, 1.807) is 0 Å². The van der Waals surface area contributed by atoms with Gasteiger partial charge in [0.05, 0.1) is 15.5 Å². The lowest BCUT2D eigenvalue weighted by Gasteiger charge is -2.47. The molecule has 0 unspecified atom stereocenters. The Kier molecular flexibility index (Phi) is 8.10. The Balaban J connectivity index is 2.05. The SMILES string of the molecule is CO[C@H]1[C@H](OC(C)=O)[C@@H](OC(C)=O)[C@H](OC)[C@@H](Sc2nc3ccccc3s2)[C@@H]1OC(C)=O. The predicted octanol–water partition coefficient (Wildman–Crippen LogP) is 2.60. The average molecular weight is 484 g/mol. The Labute approximate surface area is 193 Å². The fraction of sp³-hybridized carbons (Fsp3) is 0.524. The van der Waals surface area contributed by atoms with Crippen LogP contribution in [0.2, 0.25) is 0 Å². The van der Waals surface area contributed by atoms with E-state index in [0.717, 1.165) is 14.6 Å². The molecule has 1 saturated carbocycles. The molecule has 0 bridgehead atoms. The molecule has 174 valence electrons. The van der Waals surface area contributed by atoms with Gasteiger partial charge in [-0.1, -0.05) is 23.9 Å². The summed E-state index contributed by atoms with van der Waals surface area (Å²) in [7, 11) is 2.87. The van der Waals surface area contributed by atoms with Crippen LogP contribution in [0.3, 0.4) is 0 Å². The third-order valence-electron chi connectivity index (χ3n) is 4.90. The number of thiazole rings is 1. The molecule has 1 aromatic heterocycles. The molecule has 0 spiro atoms. The number of hydrogen-bond acceptors (Lipinski definition) is 11. The monoisotopic (exact) mass is 483 g/mol. The summed E-state index contributed by atoms with van der Waals surface area (Å²) >= 11 is 2.82. The number of rotatable bonds is 7. The summed E-state index contributed by atoms with van der Waals surface area (Å²) in [6.45, 7) is 3.78. The van der Waals surface area contributed by atoms with Gasteiger partial charge in [-0.2, -0.15) is 0 Å². The van der Waals surface area contributed by atoms with Crippen molar-refractivity contribution in [3.8, 4) is 0 Å². The lowest BCUT2D eigenvalue weighted by molar-refractivity contribution is -0.223. The second kappa shape index (κ2) is 10.6. The van der Waals surface area contributed by atoms with Gasteiger partial charge in [-0.15, -0.1) is 11.3 Å². The van der Waals surface area contributed by atoms with E-state index in [4.69, 9.17) is 23.7 Å². The van der Waals surface area contributed by atoms with Crippen LogP contribution in [0.5, 0.6) is 0 Å². The molecular weight excluding hydrogens is 458 g/mol. The summed E-state index contributed by atoms with van der Waals surface area (Å²) < 4.78 is 29.7. The Hall–Kier alpha value is -2.21. The molecule has 1 aliphatic carbocycles. The van der Waals surface area contributed by atoms with Crippen molar-refractivity contribution in [1.82, 2.24) is 4.98 Å². The predicted molar refractivity (Wildman–Crippen MR) is 118 cm³/mol. The van der Waals surface area contributed by atoms with Crippen LogP contribution in [0.15, 0.2) is 28.6 Å². The molecule has 32 heavy (non-hydrogen) atoms. The lowest BCUT2D eigenvalue weighted by Crippen LogP contribution is -2.66. The Bertz CT molecular complexity index is 947. The minimum atomic E-state index is -1.04. The first-order valence-corrected chi connectivity index (χ1v) is 11.5. The zero-order valence-corrected chi connectivity index (χ0v) is 19.9. The van der Waals surface area contributed by atoms with Gasteiger partial charge in [-0.25, -0.2) is 4.98 Å². The highest BCUT2D eigenvalue weighted by Crippen LogP contribution is 2.42. The van der Waals surface area contributed by atoms with E-state index in [9.17, 15) is 14.4 Å². The van der Waals surface area contributed by atoms with E-state index in [1.165, 1.54) is 58.1 Å². The van der Waals surface area contributed by atoms with Crippen LogP contribution in [-0.2, 0) is 38.1 Å². The highest BCUT2D eigenvalue weighted by Gasteiger charge is 2.57. The minimum Gasteiger partial charge on any atom is -0.458 e. The van der Waals surface area contributed by atoms with Gasteiger partial charge in [0.2, 0.25) is 0 Å². The van der Waals surface area contributed by atoms with Gasteiger partial charge in [-0.05, 0) is 12.1 Å². The summed E-state index contributed by atoms with van der Waals surface area (Å²) in [4.78, 5) is 40.3. The number of nitrogens with zero attached hydrogens (tertiary/aromatic N) is 1. The fourth-order valence-corrected chi connectivity index (χ4v) is 6.41. The standard InChI is InChI=1S/C21H25NO8S2/c1-10(23)28-16-15(26-4)19(30-12(3)25)20(18(27-5)17(16)29-11(2)24)32-21-22-13-8-6-7-9-14(13)31-21/h6-9,15-20H,1-5H3/t15-,16-,17+,18-,19+,20+/m0/s1. The number of ether oxygens (including phenoxy) is 5. The molecule has 1 fully saturated rings. The van der Waals surface area contributed by atoms with Gasteiger partial charge in [-0.3, -0.25) is 14.4 Å². The van der Waals surface area contributed by atoms with Gasteiger partial charge < -0.3 is 23.7 Å². The Morgan fingerprint density at radius 3 is 1.88 bits per heavy atom. The van der Waals surface area contributed by atoms with E-state index in [-0.39, 0.29) is 0 Å². The van der Waals surface area contributed by atoms with Crippen LogP contribution < -0.4 is 0 Å². The maximum absolute atomic E-state index is 12.0. The quantitative estimate of drug-likeness (QED) is 0.430. The van der Waals surface area contributed by atoms with Crippen molar-refractivity contribution in [3.63, 3.8) is 0 Å². The van der Waals surface area contributed by atoms with Crippen LogP contribution in [0, 0.1) is 0 Å². The fourth-order valence-electron chi connectivity index (χ4n) is 3.79. The van der Waals surface area contributed by atoms with Crippen molar-refractivity contribution in [3.05, 3.63) is 24.3 Å². The highest BCUT2D eigenvalue weighted by molar-refractivity contribution is 8.01. The molecule has 9 nitrogen and oxygen atoms in total. The van der Waals surface area contributed by atoms with E-state index >= 15 is 0 Å². The molecule has 0 N–H and O–H groups in total. The normalized spacial score (nSPS) is 27.7. The van der Waals surface area contributed by atoms with Crippen molar-refractivity contribution in [2.24, 2.45) is 0 Å². The number of thioether (sulfide) groups is 1. The summed E-state index contributed by atoms with van der Waals surface area (Å²) in [5.41, 5.74) is 0.839. The first kappa shape index (κ1) is 24.4. The third-order valence-corrected chi connectivity index (χ3v) is 7.38. The molecule has 0 radical (unpaired) electrons. The smallest absolute Gasteiger partial charge is 0.303 e. The summed E-state index contributed by atoms with van der Waals surface area (Å²) in [6.07, 6.45) is -4.56. The zero-order chi connectivity index (χ0) is 23.4. The molecule has 3 rings (SSSR count). The second-order valence-corrected chi connectivity index (χ2v) is 9.61.